The fraction of sp³-hybridized carbons (Fsp3) is 0.726. The average molecular weight is 1870 g/mol. The van der Waals surface area contributed by atoms with Crippen LogP contribution in [0, 0.1) is 0 Å². The number of aliphatic hydroxyl groups is 2. The normalized spacial score (nSPS) is 14.3. The number of unbranched alkanes of at least 4 members (excludes halogenated alkanes) is 50. The van der Waals surface area contributed by atoms with Crippen LogP contribution < -0.4 is 0 Å². The van der Waals surface area contributed by atoms with Gasteiger partial charge >= 0.3 is 33.6 Å². The molecule has 18 heteroatoms. The van der Waals surface area contributed by atoms with Crippen LogP contribution in [0.1, 0.15) is 470 Å². The van der Waals surface area contributed by atoms with Crippen molar-refractivity contribution in [2.24, 2.45) is 0 Å². The van der Waals surface area contributed by atoms with Crippen LogP contribution in [0.25, 0.3) is 0 Å². The van der Waals surface area contributed by atoms with Gasteiger partial charge in [-0.3, -0.25) is 32.5 Å². The van der Waals surface area contributed by atoms with Gasteiger partial charge in [0, 0.05) is 19.3 Å². The zero-order valence-electron chi connectivity index (χ0n) is 83.7. The third-order valence-corrected chi connectivity index (χ3v) is 24.8. The number of esters is 3. The second kappa shape index (κ2) is 104. The summed E-state index contributed by atoms with van der Waals surface area (Å²) in [7, 11) is -9.82. The topological polar surface area (TPSA) is 231 Å². The summed E-state index contributed by atoms with van der Waals surface area (Å²) in [5.41, 5.74) is 0. The molecule has 0 aromatic carbocycles. The third kappa shape index (κ3) is 105. The van der Waals surface area contributed by atoms with Gasteiger partial charge in [-0.05, 0) is 154 Å². The van der Waals surface area contributed by atoms with Gasteiger partial charge < -0.3 is 34.2 Å². The van der Waals surface area contributed by atoms with E-state index >= 15 is 0 Å². The van der Waals surface area contributed by atoms with Crippen molar-refractivity contribution < 1.29 is 75.8 Å². The van der Waals surface area contributed by atoms with E-state index < -0.39 is 91.5 Å². The Hall–Kier alpha value is -5.09. The maximum atomic E-state index is 13.1. The van der Waals surface area contributed by atoms with Crippen LogP contribution in [0.5, 0.6) is 0 Å². The molecule has 131 heavy (non-hydrogen) atoms. The Balaban J connectivity index is 4.55. The summed E-state index contributed by atoms with van der Waals surface area (Å²) in [6.45, 7) is 2.51. The third-order valence-electron chi connectivity index (χ3n) is 22.9. The van der Waals surface area contributed by atoms with Gasteiger partial charge in [0.15, 0.2) is 6.10 Å². The number of carbonyl (C=O) groups is 3. The quantitative estimate of drug-likeness (QED) is 0.0146. The smallest absolute Gasteiger partial charge is 0.463 e. The second-order valence-electron chi connectivity index (χ2n) is 35.6. The number of rotatable bonds is 101. The fourth-order valence-electron chi connectivity index (χ4n) is 14.9. The van der Waals surface area contributed by atoms with Gasteiger partial charge in [0.1, 0.15) is 25.4 Å². The molecule has 0 spiro atoms. The molecule has 0 radical (unpaired) electrons. The standard InChI is InChI=1S/C113H196O16P2/c1-4-7-10-13-16-19-22-25-28-31-34-37-40-43-45-47-49-51-53-55-57-59-61-64-66-69-72-75-78-81-84-87-90-93-96-99-111(116)123-102-108(114)103-125-130(119,120)126-104-109(115)105-127-131(121,122)128-107-110(129-113(118)101-98-95-92-89-86-83-80-77-74-71-68-63-42-39-36-33-30-27-24-21-18-15-12-9-6-3)106-124-112(117)100-97-94-91-88-85-82-79-76-73-70-67-65-62-60-58-56-54-52-50-48-46-44-41-38-35-32-29-26-23-20-17-14-11-8-5-2/h7,9-10,12,16-21,25-30,34-39,43-46,63,68,108-110,114-115H,4-6,8,11,13-15,22-24,31-33,40-42,47-62,64-67,69-107H2,1-3H3,(H,119,120)(H,121,122)/b10-7-,12-9-,19-16-,20-17-,21-18-,28-25-,29-26-,30-27-,37-34-,38-35-,39-36-,45-43-,46-44-,68-63-. The number of aliphatic hydroxyl groups excluding tert-OH is 2. The molecule has 0 bridgehead atoms. The highest BCUT2D eigenvalue weighted by Gasteiger charge is 2.30. The minimum atomic E-state index is -4.95. The first kappa shape index (κ1) is 126. The Morgan fingerprint density at radius 3 is 0.641 bits per heavy atom. The molecule has 0 aliphatic heterocycles. The van der Waals surface area contributed by atoms with Crippen molar-refractivity contribution in [1.29, 1.82) is 0 Å². The summed E-state index contributed by atoms with van der Waals surface area (Å²) < 4.78 is 61.8. The van der Waals surface area contributed by atoms with Crippen LogP contribution in [-0.4, -0.2) is 95.9 Å². The van der Waals surface area contributed by atoms with E-state index in [0.29, 0.717) is 19.3 Å². The van der Waals surface area contributed by atoms with E-state index in [4.69, 9.17) is 32.3 Å². The van der Waals surface area contributed by atoms with Gasteiger partial charge in [-0.1, -0.05) is 467 Å². The number of hydrogen-bond donors (Lipinski definition) is 4. The molecule has 0 aromatic rings. The monoisotopic (exact) mass is 1870 g/mol. The summed E-state index contributed by atoms with van der Waals surface area (Å²) >= 11 is 0. The lowest BCUT2D eigenvalue weighted by Crippen LogP contribution is -2.30. The van der Waals surface area contributed by atoms with Gasteiger partial charge in [-0.15, -0.1) is 0 Å². The molecule has 0 amide bonds. The van der Waals surface area contributed by atoms with Crippen molar-refractivity contribution in [2.75, 3.05) is 39.6 Å². The zero-order valence-corrected chi connectivity index (χ0v) is 85.5. The molecule has 16 nitrogen and oxygen atoms in total. The molecular weight excluding hydrogens is 1680 g/mol. The fourth-order valence-corrected chi connectivity index (χ4v) is 16.5. The molecule has 0 fully saturated rings. The largest absolute Gasteiger partial charge is 0.472 e. The molecular formula is C113H196O16P2. The second-order valence-corrected chi connectivity index (χ2v) is 38.6. The van der Waals surface area contributed by atoms with Crippen LogP contribution in [0.15, 0.2) is 170 Å². The summed E-state index contributed by atoms with van der Waals surface area (Å²) in [6, 6.07) is 0. The van der Waals surface area contributed by atoms with Crippen LogP contribution in [0.3, 0.4) is 0 Å². The first-order valence-electron chi connectivity index (χ1n) is 53.4. The first-order chi connectivity index (χ1) is 64.2. The van der Waals surface area contributed by atoms with Crippen molar-refractivity contribution >= 4 is 33.6 Å². The van der Waals surface area contributed by atoms with Crippen molar-refractivity contribution in [1.82, 2.24) is 0 Å². The predicted molar refractivity (Wildman–Crippen MR) is 555 cm³/mol. The lowest BCUT2D eigenvalue weighted by atomic mass is 10.0. The number of carbonyl (C=O) groups excluding carboxylic acids is 3. The van der Waals surface area contributed by atoms with Crippen molar-refractivity contribution in [3.8, 4) is 0 Å². The van der Waals surface area contributed by atoms with Gasteiger partial charge in [0.05, 0.1) is 26.4 Å². The highest BCUT2D eigenvalue weighted by atomic mass is 31.2. The van der Waals surface area contributed by atoms with Crippen molar-refractivity contribution in [3.63, 3.8) is 0 Å². The molecule has 0 saturated carbocycles. The van der Waals surface area contributed by atoms with Crippen molar-refractivity contribution in [2.45, 2.75) is 489 Å². The number of ether oxygens (including phenoxy) is 3. The molecule has 0 aromatic heterocycles. The van der Waals surface area contributed by atoms with Gasteiger partial charge in [-0.25, -0.2) is 9.13 Å². The van der Waals surface area contributed by atoms with E-state index in [0.717, 1.165) is 154 Å². The Kier molecular flexibility index (Phi) is 99.8. The van der Waals surface area contributed by atoms with Crippen LogP contribution in [-0.2, 0) is 55.8 Å². The minimum Gasteiger partial charge on any atom is -0.463 e. The maximum absolute atomic E-state index is 13.1. The van der Waals surface area contributed by atoms with E-state index in [2.05, 4.69) is 191 Å². The number of phosphoric acid groups is 2. The van der Waals surface area contributed by atoms with E-state index in [-0.39, 0.29) is 19.3 Å². The predicted octanol–water partition coefficient (Wildman–Crippen LogP) is 34.1. The summed E-state index contributed by atoms with van der Waals surface area (Å²) in [6.07, 6.45) is 137. The maximum Gasteiger partial charge on any atom is 0.472 e. The van der Waals surface area contributed by atoms with Gasteiger partial charge in [0.25, 0.3) is 0 Å². The van der Waals surface area contributed by atoms with Crippen molar-refractivity contribution in [3.05, 3.63) is 170 Å². The first-order valence-corrected chi connectivity index (χ1v) is 56.4. The average Bonchev–Trinajstić information content (AvgIpc) is 0.898. The van der Waals surface area contributed by atoms with E-state index in [9.17, 15) is 43.5 Å². The van der Waals surface area contributed by atoms with Gasteiger partial charge in [-0.2, -0.15) is 0 Å². The highest BCUT2D eigenvalue weighted by molar-refractivity contribution is 7.47. The van der Waals surface area contributed by atoms with E-state index in [1.807, 2.05) is 0 Å². The molecule has 5 unspecified atom stereocenters. The zero-order chi connectivity index (χ0) is 95.0. The molecule has 0 heterocycles. The Morgan fingerprint density at radius 2 is 0.405 bits per heavy atom. The van der Waals surface area contributed by atoms with E-state index in [1.165, 1.54) is 257 Å². The summed E-state index contributed by atoms with van der Waals surface area (Å²) in [5.74, 6) is -1.56. The molecule has 0 aliphatic carbocycles. The van der Waals surface area contributed by atoms with Crippen LogP contribution in [0.4, 0.5) is 0 Å². The molecule has 0 rings (SSSR count). The molecule has 0 saturated heterocycles. The Morgan fingerprint density at radius 1 is 0.221 bits per heavy atom. The molecule has 4 N–H and O–H groups in total. The molecule has 754 valence electrons. The molecule has 5 atom stereocenters. The number of hydrogen-bond acceptors (Lipinski definition) is 14. The van der Waals surface area contributed by atoms with Crippen LogP contribution >= 0.6 is 15.6 Å². The SMILES string of the molecule is CC/C=C\C/C=C\C/C=C\C/C=C\C/C=C\CCCCCCCCCCCCCCCCCCCCCC(=O)OCC(O)COP(=O)(O)OCC(O)COP(=O)(O)OCC(COC(=O)CCCCCCCCCCCCCCCCCCCCC/C=C\C/C=C\C/C=C\C/C=C\CCCCC)OC(=O)CCCCCCCCCCC/C=C\C/C=C\C/C=C\C/C=C\C/C=C\CC. The lowest BCUT2D eigenvalue weighted by molar-refractivity contribution is -0.161. The lowest BCUT2D eigenvalue weighted by Gasteiger charge is -2.21. The summed E-state index contributed by atoms with van der Waals surface area (Å²) in [5, 5.41) is 20.8. The number of phosphoric ester groups is 2. The highest BCUT2D eigenvalue weighted by Crippen LogP contribution is 2.45. The Bertz CT molecular complexity index is 3060. The minimum absolute atomic E-state index is 0.0955. The Labute approximate surface area is 803 Å². The number of allylic oxidation sites excluding steroid dienone is 28. The van der Waals surface area contributed by atoms with Crippen LogP contribution in [0.2, 0.25) is 0 Å². The van der Waals surface area contributed by atoms with E-state index in [1.54, 1.807) is 0 Å². The van der Waals surface area contributed by atoms with Gasteiger partial charge in [0.2, 0.25) is 0 Å². The summed E-state index contributed by atoms with van der Waals surface area (Å²) in [4.78, 5) is 59.3. The molecule has 0 aliphatic rings.